The molecule has 0 radical (unpaired) electrons. The van der Waals surface area contributed by atoms with E-state index in [2.05, 4.69) is 0 Å². The third-order valence-corrected chi connectivity index (χ3v) is 3.96. The van der Waals surface area contributed by atoms with Gasteiger partial charge in [0.1, 0.15) is 5.60 Å². The van der Waals surface area contributed by atoms with Crippen molar-refractivity contribution in [3.8, 4) is 0 Å². The van der Waals surface area contributed by atoms with Gasteiger partial charge in [0, 0.05) is 13.1 Å². The van der Waals surface area contributed by atoms with Crippen molar-refractivity contribution < 1.29 is 9.53 Å². The number of hydrogen-bond donors (Lipinski definition) is 1. The largest absolute Gasteiger partial charge is 0.444 e. The van der Waals surface area contributed by atoms with Gasteiger partial charge in [-0.1, -0.05) is 0 Å². The Bertz CT molecular complexity index is 298. The molecule has 17 heavy (non-hydrogen) atoms. The molecule has 4 heteroatoms. The molecular weight excluding hydrogens is 216 g/mol. The Morgan fingerprint density at radius 2 is 2.06 bits per heavy atom. The highest BCUT2D eigenvalue weighted by molar-refractivity contribution is 5.68. The molecule has 2 fully saturated rings. The molecule has 2 N–H and O–H groups in total. The van der Waals surface area contributed by atoms with Gasteiger partial charge < -0.3 is 15.4 Å². The minimum Gasteiger partial charge on any atom is -0.444 e. The highest BCUT2D eigenvalue weighted by Crippen LogP contribution is 2.41. The molecule has 0 aromatic heterocycles. The summed E-state index contributed by atoms with van der Waals surface area (Å²) in [6, 6.07) is 0. The van der Waals surface area contributed by atoms with Crippen LogP contribution in [0.3, 0.4) is 0 Å². The van der Waals surface area contributed by atoms with Gasteiger partial charge in [-0.15, -0.1) is 0 Å². The summed E-state index contributed by atoms with van der Waals surface area (Å²) in [7, 11) is 0. The first kappa shape index (κ1) is 12.7. The van der Waals surface area contributed by atoms with E-state index in [1.54, 1.807) is 0 Å². The summed E-state index contributed by atoms with van der Waals surface area (Å²) in [6.07, 6.45) is 2.28. The van der Waals surface area contributed by atoms with Gasteiger partial charge >= 0.3 is 6.09 Å². The maximum Gasteiger partial charge on any atom is 0.410 e. The van der Waals surface area contributed by atoms with Gasteiger partial charge in [-0.2, -0.15) is 0 Å². The van der Waals surface area contributed by atoms with Crippen molar-refractivity contribution >= 4 is 6.09 Å². The van der Waals surface area contributed by atoms with E-state index in [4.69, 9.17) is 10.5 Å². The standard InChI is InChI=1S/C13H24N2O2/c1-13(2,3)17-12(16)15-7-10-5-4-9(6-14)11(10)8-15/h9-11H,4-8,14H2,1-3H3. The molecular formula is C13H24N2O2. The summed E-state index contributed by atoms with van der Waals surface area (Å²) < 4.78 is 5.41. The molecule has 1 aliphatic carbocycles. The second-order valence-electron chi connectivity index (χ2n) is 6.38. The van der Waals surface area contributed by atoms with E-state index in [0.29, 0.717) is 17.8 Å². The maximum absolute atomic E-state index is 12.0. The van der Waals surface area contributed by atoms with Crippen LogP contribution in [-0.4, -0.2) is 36.2 Å². The molecule has 2 rings (SSSR count). The Hall–Kier alpha value is -0.770. The first-order valence-electron chi connectivity index (χ1n) is 6.58. The summed E-state index contributed by atoms with van der Waals surface area (Å²) in [5.41, 5.74) is 5.38. The van der Waals surface area contributed by atoms with E-state index in [9.17, 15) is 4.79 Å². The number of hydrogen-bond acceptors (Lipinski definition) is 3. The highest BCUT2D eigenvalue weighted by atomic mass is 16.6. The molecule has 3 atom stereocenters. The minimum absolute atomic E-state index is 0.164. The molecule has 4 nitrogen and oxygen atoms in total. The van der Waals surface area contributed by atoms with Crippen LogP contribution in [-0.2, 0) is 4.74 Å². The van der Waals surface area contributed by atoms with E-state index in [-0.39, 0.29) is 6.09 Å². The van der Waals surface area contributed by atoms with Crippen LogP contribution in [0.5, 0.6) is 0 Å². The first-order valence-corrected chi connectivity index (χ1v) is 6.58. The number of nitrogens with two attached hydrogens (primary N) is 1. The first-order chi connectivity index (χ1) is 7.90. The van der Waals surface area contributed by atoms with Gasteiger partial charge in [-0.25, -0.2) is 4.79 Å². The maximum atomic E-state index is 12.0. The fourth-order valence-corrected chi connectivity index (χ4v) is 3.15. The van der Waals surface area contributed by atoms with Gasteiger partial charge in [0.2, 0.25) is 0 Å². The van der Waals surface area contributed by atoms with Crippen LogP contribution in [0.25, 0.3) is 0 Å². The molecule has 1 aliphatic heterocycles. The SMILES string of the molecule is CC(C)(C)OC(=O)N1CC2CCC(CN)C2C1. The number of rotatable bonds is 1. The zero-order valence-electron chi connectivity index (χ0n) is 11.1. The second kappa shape index (κ2) is 4.48. The lowest BCUT2D eigenvalue weighted by atomic mass is 9.93. The Morgan fingerprint density at radius 3 is 2.65 bits per heavy atom. The molecule has 0 bridgehead atoms. The van der Waals surface area contributed by atoms with E-state index < -0.39 is 5.60 Å². The zero-order chi connectivity index (χ0) is 12.6. The Balaban J connectivity index is 1.92. The van der Waals surface area contributed by atoms with E-state index in [1.165, 1.54) is 12.8 Å². The van der Waals surface area contributed by atoms with Crippen molar-refractivity contribution in [3.63, 3.8) is 0 Å². The lowest BCUT2D eigenvalue weighted by Gasteiger charge is -2.25. The smallest absolute Gasteiger partial charge is 0.410 e. The van der Waals surface area contributed by atoms with Crippen molar-refractivity contribution in [2.75, 3.05) is 19.6 Å². The summed E-state index contributed by atoms with van der Waals surface area (Å²) in [5, 5.41) is 0. The van der Waals surface area contributed by atoms with Crippen molar-refractivity contribution in [1.29, 1.82) is 0 Å². The lowest BCUT2D eigenvalue weighted by molar-refractivity contribution is 0.0276. The lowest BCUT2D eigenvalue weighted by Crippen LogP contribution is -2.36. The number of likely N-dealkylation sites (tertiary alicyclic amines) is 1. The molecule has 0 spiro atoms. The zero-order valence-corrected chi connectivity index (χ0v) is 11.1. The molecule has 0 aromatic rings. The normalized spacial score (nSPS) is 32.7. The molecule has 2 aliphatic rings. The van der Waals surface area contributed by atoms with Gasteiger partial charge in [0.25, 0.3) is 0 Å². The topological polar surface area (TPSA) is 55.6 Å². The summed E-state index contributed by atoms with van der Waals surface area (Å²) in [6.45, 7) is 8.17. The Morgan fingerprint density at radius 1 is 1.35 bits per heavy atom. The fourth-order valence-electron chi connectivity index (χ4n) is 3.15. The average Bonchev–Trinajstić information content (AvgIpc) is 2.72. The predicted octanol–water partition coefficient (Wildman–Crippen LogP) is 1.84. The summed E-state index contributed by atoms with van der Waals surface area (Å²) in [5.74, 6) is 1.86. The van der Waals surface area contributed by atoms with Crippen LogP contribution in [0.1, 0.15) is 33.6 Å². The summed E-state index contributed by atoms with van der Waals surface area (Å²) >= 11 is 0. The molecule has 1 saturated carbocycles. The third kappa shape index (κ3) is 2.73. The quantitative estimate of drug-likeness (QED) is 0.761. The molecule has 1 heterocycles. The van der Waals surface area contributed by atoms with Crippen LogP contribution in [0.2, 0.25) is 0 Å². The second-order valence-corrected chi connectivity index (χ2v) is 6.38. The molecule has 0 aromatic carbocycles. The van der Waals surface area contributed by atoms with Crippen molar-refractivity contribution in [2.45, 2.75) is 39.2 Å². The van der Waals surface area contributed by atoms with Crippen molar-refractivity contribution in [1.82, 2.24) is 4.90 Å². The van der Waals surface area contributed by atoms with E-state index in [1.807, 2.05) is 25.7 Å². The van der Waals surface area contributed by atoms with Gasteiger partial charge in [-0.05, 0) is 57.9 Å². The number of carbonyl (C=O) groups excluding carboxylic acids is 1. The third-order valence-electron chi connectivity index (χ3n) is 3.96. The van der Waals surface area contributed by atoms with Crippen LogP contribution < -0.4 is 5.73 Å². The molecule has 3 unspecified atom stereocenters. The molecule has 98 valence electrons. The predicted molar refractivity (Wildman–Crippen MR) is 66.6 cm³/mol. The van der Waals surface area contributed by atoms with Crippen LogP contribution in [0.15, 0.2) is 0 Å². The summed E-state index contributed by atoms with van der Waals surface area (Å²) in [4.78, 5) is 13.8. The monoisotopic (exact) mass is 240 g/mol. The number of fused-ring (bicyclic) bond motifs is 1. The van der Waals surface area contributed by atoms with Crippen LogP contribution >= 0.6 is 0 Å². The van der Waals surface area contributed by atoms with Gasteiger partial charge in [0.15, 0.2) is 0 Å². The van der Waals surface area contributed by atoms with Gasteiger partial charge in [-0.3, -0.25) is 0 Å². The van der Waals surface area contributed by atoms with E-state index in [0.717, 1.165) is 19.6 Å². The number of nitrogens with zero attached hydrogens (tertiary/aromatic N) is 1. The number of ether oxygens (including phenoxy) is 1. The number of amides is 1. The van der Waals surface area contributed by atoms with E-state index >= 15 is 0 Å². The fraction of sp³-hybridized carbons (Fsp3) is 0.923. The molecule has 1 amide bonds. The minimum atomic E-state index is -0.401. The van der Waals surface area contributed by atoms with Crippen LogP contribution in [0.4, 0.5) is 4.79 Å². The van der Waals surface area contributed by atoms with Crippen molar-refractivity contribution in [2.24, 2.45) is 23.5 Å². The average molecular weight is 240 g/mol. The Labute approximate surface area is 103 Å². The molecule has 1 saturated heterocycles. The van der Waals surface area contributed by atoms with Crippen LogP contribution in [0, 0.1) is 17.8 Å². The highest BCUT2D eigenvalue weighted by Gasteiger charge is 2.44. The van der Waals surface area contributed by atoms with Crippen molar-refractivity contribution in [3.05, 3.63) is 0 Å². The Kier molecular flexibility index (Phi) is 3.34. The number of carbonyl (C=O) groups is 1. The van der Waals surface area contributed by atoms with Gasteiger partial charge in [0.05, 0.1) is 0 Å².